The molecule has 0 radical (unpaired) electrons. The van der Waals surface area contributed by atoms with E-state index in [-0.39, 0.29) is 5.78 Å². The van der Waals surface area contributed by atoms with Crippen LogP contribution in [0.5, 0.6) is 0 Å². The molecule has 1 aliphatic rings. The molecule has 1 aromatic carbocycles. The molecule has 9 heteroatoms. The first-order valence-corrected chi connectivity index (χ1v) is 11.3. The number of benzene rings is 1. The summed E-state index contributed by atoms with van der Waals surface area (Å²) < 4.78 is 0.906. The predicted molar refractivity (Wildman–Crippen MR) is 128 cm³/mol. The van der Waals surface area contributed by atoms with Crippen LogP contribution in [-0.2, 0) is 0 Å². The first kappa shape index (κ1) is 22.0. The molecule has 1 fully saturated rings. The van der Waals surface area contributed by atoms with E-state index in [1.54, 1.807) is 12.4 Å². The fourth-order valence-electron chi connectivity index (χ4n) is 3.79. The lowest BCUT2D eigenvalue weighted by molar-refractivity contribution is 0.0982. The standard InChI is InChI=1S/C23H24BrN5O3/c1-2-3-20(30)18-14-25-19-6-4-15(24)12-17(19)22(18)27-16-5-7-21(26-13-16)28-8-10-29(11-9-28)23(31)32/h4-7,12-14H,2-3,8-11H2,1H3,(H,25,27)(H,31,32). The van der Waals surface area contributed by atoms with Crippen LogP contribution in [0.4, 0.5) is 22.0 Å². The number of nitrogens with one attached hydrogen (secondary N) is 1. The van der Waals surface area contributed by atoms with Crippen LogP contribution in [-0.4, -0.2) is 58.0 Å². The Kier molecular flexibility index (Phi) is 6.55. The van der Waals surface area contributed by atoms with Crippen LogP contribution >= 0.6 is 15.9 Å². The zero-order valence-corrected chi connectivity index (χ0v) is 19.3. The smallest absolute Gasteiger partial charge is 0.407 e. The van der Waals surface area contributed by atoms with Crippen LogP contribution in [0.2, 0.25) is 0 Å². The normalized spacial score (nSPS) is 13.9. The highest BCUT2D eigenvalue weighted by Crippen LogP contribution is 2.32. The average Bonchev–Trinajstić information content (AvgIpc) is 2.80. The van der Waals surface area contributed by atoms with E-state index >= 15 is 0 Å². The summed E-state index contributed by atoms with van der Waals surface area (Å²) in [5, 5.41) is 13.4. The van der Waals surface area contributed by atoms with Crippen molar-refractivity contribution in [3.63, 3.8) is 0 Å². The third-order valence-electron chi connectivity index (χ3n) is 5.50. The molecule has 1 aliphatic heterocycles. The molecule has 0 unspecified atom stereocenters. The second-order valence-electron chi connectivity index (χ2n) is 7.67. The average molecular weight is 498 g/mol. The SMILES string of the molecule is CCCC(=O)c1cnc2ccc(Br)cc2c1Nc1ccc(N2CCN(C(=O)O)CC2)nc1. The van der Waals surface area contributed by atoms with Crippen molar-refractivity contribution in [2.75, 3.05) is 36.4 Å². The summed E-state index contributed by atoms with van der Waals surface area (Å²) in [6, 6.07) is 9.62. The number of aromatic nitrogens is 2. The number of amides is 1. The fraction of sp³-hybridized carbons (Fsp3) is 0.304. The van der Waals surface area contributed by atoms with Crippen LogP contribution < -0.4 is 10.2 Å². The highest BCUT2D eigenvalue weighted by atomic mass is 79.9. The van der Waals surface area contributed by atoms with Gasteiger partial charge in [0.25, 0.3) is 0 Å². The van der Waals surface area contributed by atoms with Crippen LogP contribution in [0.25, 0.3) is 10.9 Å². The monoisotopic (exact) mass is 497 g/mol. The minimum atomic E-state index is -0.887. The topological polar surface area (TPSA) is 98.7 Å². The molecule has 166 valence electrons. The van der Waals surface area contributed by atoms with Gasteiger partial charge in [-0.05, 0) is 36.8 Å². The number of nitrogens with zero attached hydrogens (tertiary/aromatic N) is 4. The third kappa shape index (κ3) is 4.67. The molecule has 1 saturated heterocycles. The molecule has 4 rings (SSSR count). The maximum Gasteiger partial charge on any atom is 0.407 e. The van der Waals surface area contributed by atoms with Gasteiger partial charge in [0.15, 0.2) is 5.78 Å². The number of anilines is 3. The van der Waals surface area contributed by atoms with E-state index in [1.165, 1.54) is 4.90 Å². The molecule has 0 bridgehead atoms. The minimum absolute atomic E-state index is 0.0465. The molecule has 32 heavy (non-hydrogen) atoms. The minimum Gasteiger partial charge on any atom is -0.465 e. The number of hydrogen-bond donors (Lipinski definition) is 2. The number of ketones is 1. The van der Waals surface area contributed by atoms with Gasteiger partial charge in [-0.15, -0.1) is 0 Å². The first-order valence-electron chi connectivity index (χ1n) is 10.5. The fourth-order valence-corrected chi connectivity index (χ4v) is 4.15. The van der Waals surface area contributed by atoms with Crippen molar-refractivity contribution in [3.8, 4) is 0 Å². The molecular weight excluding hydrogens is 474 g/mol. The highest BCUT2D eigenvalue weighted by molar-refractivity contribution is 9.10. The lowest BCUT2D eigenvalue weighted by Crippen LogP contribution is -2.48. The van der Waals surface area contributed by atoms with E-state index in [2.05, 4.69) is 36.1 Å². The molecule has 8 nitrogen and oxygen atoms in total. The summed E-state index contributed by atoms with van der Waals surface area (Å²) in [5.41, 5.74) is 2.84. The molecule has 1 amide bonds. The van der Waals surface area contributed by atoms with Crippen molar-refractivity contribution in [2.45, 2.75) is 19.8 Å². The molecule has 0 spiro atoms. The Labute approximate surface area is 194 Å². The van der Waals surface area contributed by atoms with Gasteiger partial charge < -0.3 is 20.2 Å². The zero-order chi connectivity index (χ0) is 22.7. The number of piperazine rings is 1. The number of halogens is 1. The van der Waals surface area contributed by atoms with Gasteiger partial charge in [0.1, 0.15) is 5.82 Å². The lowest BCUT2D eigenvalue weighted by Gasteiger charge is -2.33. The number of hydrogen-bond acceptors (Lipinski definition) is 6. The van der Waals surface area contributed by atoms with Gasteiger partial charge in [0, 0.05) is 48.7 Å². The summed E-state index contributed by atoms with van der Waals surface area (Å²) in [7, 11) is 0. The van der Waals surface area contributed by atoms with E-state index in [0.717, 1.165) is 39.0 Å². The second-order valence-corrected chi connectivity index (χ2v) is 8.58. The van der Waals surface area contributed by atoms with E-state index in [1.807, 2.05) is 37.3 Å². The zero-order valence-electron chi connectivity index (χ0n) is 17.7. The van der Waals surface area contributed by atoms with Crippen molar-refractivity contribution in [1.82, 2.24) is 14.9 Å². The van der Waals surface area contributed by atoms with E-state index in [4.69, 9.17) is 5.11 Å². The summed E-state index contributed by atoms with van der Waals surface area (Å²) in [5.74, 6) is 0.843. The number of rotatable bonds is 6. The van der Waals surface area contributed by atoms with Gasteiger partial charge in [-0.2, -0.15) is 0 Å². The van der Waals surface area contributed by atoms with Crippen LogP contribution in [0.15, 0.2) is 47.2 Å². The Balaban J connectivity index is 1.60. The molecule has 2 aromatic heterocycles. The molecule has 0 aliphatic carbocycles. The van der Waals surface area contributed by atoms with Crippen molar-refractivity contribution < 1.29 is 14.7 Å². The summed E-state index contributed by atoms with van der Waals surface area (Å²) in [6.45, 7) is 4.10. The van der Waals surface area contributed by atoms with Gasteiger partial charge in [-0.3, -0.25) is 9.78 Å². The maximum atomic E-state index is 12.8. The van der Waals surface area contributed by atoms with Gasteiger partial charge >= 0.3 is 6.09 Å². The molecule has 0 saturated carbocycles. The van der Waals surface area contributed by atoms with Crippen LogP contribution in [0.1, 0.15) is 30.1 Å². The maximum absolute atomic E-state index is 12.8. The summed E-state index contributed by atoms with van der Waals surface area (Å²) in [6.07, 6.45) is 3.70. The van der Waals surface area contributed by atoms with Crippen molar-refractivity contribution in [2.24, 2.45) is 0 Å². The van der Waals surface area contributed by atoms with E-state index < -0.39 is 6.09 Å². The third-order valence-corrected chi connectivity index (χ3v) is 5.99. The number of carbonyl (C=O) groups excluding carboxylic acids is 1. The number of pyridine rings is 2. The second kappa shape index (κ2) is 9.52. The van der Waals surface area contributed by atoms with E-state index in [9.17, 15) is 9.59 Å². The summed E-state index contributed by atoms with van der Waals surface area (Å²) in [4.78, 5) is 36.4. The lowest BCUT2D eigenvalue weighted by atomic mass is 10.0. The Bertz CT molecular complexity index is 1140. The number of Topliss-reactive ketones (excluding diaryl/α,β-unsaturated/α-hetero) is 1. The van der Waals surface area contributed by atoms with Gasteiger partial charge in [-0.25, -0.2) is 9.78 Å². The van der Waals surface area contributed by atoms with Crippen molar-refractivity contribution >= 4 is 55.9 Å². The Morgan fingerprint density at radius 1 is 1.09 bits per heavy atom. The molecule has 2 N–H and O–H groups in total. The number of carbonyl (C=O) groups is 2. The molecule has 3 heterocycles. The largest absolute Gasteiger partial charge is 0.465 e. The Hall–Kier alpha value is -3.20. The summed E-state index contributed by atoms with van der Waals surface area (Å²) >= 11 is 3.51. The number of fused-ring (bicyclic) bond motifs is 1. The van der Waals surface area contributed by atoms with Crippen LogP contribution in [0, 0.1) is 0 Å². The van der Waals surface area contributed by atoms with Crippen LogP contribution in [0.3, 0.4) is 0 Å². The van der Waals surface area contributed by atoms with Crippen molar-refractivity contribution in [1.29, 1.82) is 0 Å². The quantitative estimate of drug-likeness (QED) is 0.466. The van der Waals surface area contributed by atoms with E-state index in [0.29, 0.717) is 38.2 Å². The molecular formula is C23H24BrN5O3. The Morgan fingerprint density at radius 2 is 1.88 bits per heavy atom. The predicted octanol–water partition coefficient (Wildman–Crippen LogP) is 4.92. The highest BCUT2D eigenvalue weighted by Gasteiger charge is 2.21. The van der Waals surface area contributed by atoms with Gasteiger partial charge in [0.05, 0.1) is 28.7 Å². The molecule has 0 atom stereocenters. The van der Waals surface area contributed by atoms with Gasteiger partial charge in [-0.1, -0.05) is 22.9 Å². The molecule has 3 aromatic rings. The first-order chi connectivity index (χ1) is 15.5. The Morgan fingerprint density at radius 3 is 2.53 bits per heavy atom. The van der Waals surface area contributed by atoms with Crippen molar-refractivity contribution in [3.05, 3.63) is 52.8 Å². The number of carboxylic acid groups (broad SMARTS) is 1. The van der Waals surface area contributed by atoms with Gasteiger partial charge in [0.2, 0.25) is 0 Å².